The van der Waals surface area contributed by atoms with E-state index in [1.165, 1.54) is 154 Å². The molecule has 0 saturated carbocycles. The Morgan fingerprint density at radius 2 is 0.780 bits per heavy atom. The maximum absolute atomic E-state index is 13.9. The summed E-state index contributed by atoms with van der Waals surface area (Å²) in [7, 11) is 5.27. The lowest BCUT2D eigenvalue weighted by Crippen LogP contribution is -3.00. The van der Waals surface area contributed by atoms with Crippen LogP contribution in [-0.4, -0.2) is 63.6 Å². The summed E-state index contributed by atoms with van der Waals surface area (Å²) in [5.74, 6) is 0. The standard InChI is InChI=1S/C43H88N2O3P.HI/c1-7-9-11-13-15-17-19-21-23-25-27-29-31-33-35-37-42-47-49(46,44(3)40-39-41-45(4,5)6)48-43-38-36-34-32-30-28-26-24-22-20-18-16-14-12-10-8-2;/h21-24H,7-20,25-43H2,1-6H3;1H/q+1;/p-1/b23-21+,24-22+;. The molecule has 0 aromatic heterocycles. The van der Waals surface area contributed by atoms with Crippen molar-refractivity contribution in [2.75, 3.05) is 54.5 Å². The highest BCUT2D eigenvalue weighted by atomic mass is 127. The lowest BCUT2D eigenvalue weighted by Gasteiger charge is -2.29. The zero-order chi connectivity index (χ0) is 36.2. The smallest absolute Gasteiger partial charge is 0.407 e. The van der Waals surface area contributed by atoms with Crippen molar-refractivity contribution >= 4 is 7.75 Å². The Morgan fingerprint density at radius 3 is 1.10 bits per heavy atom. The van der Waals surface area contributed by atoms with E-state index in [1.807, 2.05) is 11.7 Å². The van der Waals surface area contributed by atoms with E-state index < -0.39 is 7.75 Å². The highest BCUT2D eigenvalue weighted by Gasteiger charge is 2.30. The van der Waals surface area contributed by atoms with Crippen LogP contribution in [0, 0.1) is 0 Å². The zero-order valence-corrected chi connectivity index (χ0v) is 37.6. The van der Waals surface area contributed by atoms with Crippen LogP contribution in [0.3, 0.4) is 0 Å². The third-order valence-corrected chi connectivity index (χ3v) is 11.6. The predicted molar refractivity (Wildman–Crippen MR) is 219 cm³/mol. The number of quaternary nitrogens is 1. The molecular formula is C43H88IN2O3P. The van der Waals surface area contributed by atoms with Gasteiger partial charge >= 0.3 is 7.75 Å². The van der Waals surface area contributed by atoms with Gasteiger partial charge in [-0.1, -0.05) is 154 Å². The minimum atomic E-state index is -3.26. The summed E-state index contributed by atoms with van der Waals surface area (Å²) in [6, 6.07) is 0. The molecule has 0 aliphatic rings. The van der Waals surface area contributed by atoms with Gasteiger partial charge in [-0.25, -0.2) is 9.24 Å². The van der Waals surface area contributed by atoms with E-state index >= 15 is 0 Å². The largest absolute Gasteiger partial charge is 1.00 e. The number of rotatable bonds is 39. The van der Waals surface area contributed by atoms with E-state index in [9.17, 15) is 4.57 Å². The molecule has 7 heteroatoms. The molecule has 50 heavy (non-hydrogen) atoms. The first-order valence-corrected chi connectivity index (χ1v) is 23.0. The summed E-state index contributed by atoms with van der Waals surface area (Å²) in [6.07, 6.45) is 46.4. The minimum Gasteiger partial charge on any atom is -1.00 e. The first kappa shape index (κ1) is 52.4. The molecule has 0 radical (unpaired) electrons. The molecule has 0 heterocycles. The van der Waals surface area contributed by atoms with Gasteiger partial charge in [-0.15, -0.1) is 0 Å². The van der Waals surface area contributed by atoms with E-state index in [4.69, 9.17) is 9.05 Å². The molecule has 0 saturated heterocycles. The topological polar surface area (TPSA) is 38.8 Å². The Bertz CT molecular complexity index is 739. The van der Waals surface area contributed by atoms with Crippen LogP contribution >= 0.6 is 7.75 Å². The van der Waals surface area contributed by atoms with Gasteiger partial charge in [0.2, 0.25) is 0 Å². The van der Waals surface area contributed by atoms with E-state index in [1.54, 1.807) is 0 Å². The zero-order valence-electron chi connectivity index (χ0n) is 34.6. The van der Waals surface area contributed by atoms with Crippen molar-refractivity contribution in [1.82, 2.24) is 4.67 Å². The molecule has 0 N–H and O–H groups in total. The molecule has 0 aromatic carbocycles. The van der Waals surface area contributed by atoms with E-state index in [-0.39, 0.29) is 24.0 Å². The molecule has 0 rings (SSSR count). The van der Waals surface area contributed by atoms with Gasteiger partial charge in [-0.05, 0) is 71.3 Å². The molecule has 0 spiro atoms. The number of halogens is 1. The van der Waals surface area contributed by atoms with Crippen molar-refractivity contribution < 1.29 is 42.1 Å². The Morgan fingerprint density at radius 1 is 0.480 bits per heavy atom. The van der Waals surface area contributed by atoms with Gasteiger partial charge in [-0.2, -0.15) is 0 Å². The van der Waals surface area contributed by atoms with Crippen molar-refractivity contribution in [3.05, 3.63) is 24.3 Å². The highest BCUT2D eigenvalue weighted by molar-refractivity contribution is 7.51. The number of nitrogens with zero attached hydrogens (tertiary/aromatic N) is 2. The summed E-state index contributed by atoms with van der Waals surface area (Å²) in [5, 5.41) is 0. The van der Waals surface area contributed by atoms with Crippen LogP contribution in [-0.2, 0) is 13.6 Å². The molecule has 0 aliphatic heterocycles. The highest BCUT2D eigenvalue weighted by Crippen LogP contribution is 2.51. The summed E-state index contributed by atoms with van der Waals surface area (Å²) >= 11 is 0. The van der Waals surface area contributed by atoms with Gasteiger partial charge in [-0.3, -0.25) is 9.05 Å². The van der Waals surface area contributed by atoms with Crippen LogP contribution in [0.1, 0.15) is 200 Å². The molecule has 5 nitrogen and oxygen atoms in total. The molecule has 0 bridgehead atoms. The minimum absolute atomic E-state index is 0. The Hall–Kier alpha value is 0.280. The van der Waals surface area contributed by atoms with Crippen LogP contribution in [0.5, 0.6) is 0 Å². The molecule has 0 aliphatic carbocycles. The number of unbranched alkanes of at least 4 members (excludes halogenated alkanes) is 24. The summed E-state index contributed by atoms with van der Waals surface area (Å²) in [4.78, 5) is 0. The SMILES string of the molecule is CCCCCCCC/C=C/CCCCCCCCOP(=O)(OCCCCCCCC/C=C/CCCCCCCC)N(C)CCC[N+](C)(C)C.[I-]. The van der Waals surface area contributed by atoms with Crippen LogP contribution in [0.4, 0.5) is 0 Å². The molecular weight excluding hydrogens is 750 g/mol. The fourth-order valence-electron chi connectivity index (χ4n) is 6.19. The number of hydrogen-bond acceptors (Lipinski definition) is 3. The van der Waals surface area contributed by atoms with Crippen LogP contribution in [0.25, 0.3) is 0 Å². The second-order valence-corrected chi connectivity index (χ2v) is 17.9. The predicted octanol–water partition coefficient (Wildman–Crippen LogP) is 11.2. The van der Waals surface area contributed by atoms with Gasteiger partial charge in [0.25, 0.3) is 0 Å². The van der Waals surface area contributed by atoms with Gasteiger partial charge in [0.05, 0.1) is 40.9 Å². The van der Waals surface area contributed by atoms with Crippen molar-refractivity contribution in [3.63, 3.8) is 0 Å². The first-order chi connectivity index (χ1) is 23.7. The van der Waals surface area contributed by atoms with Crippen LogP contribution in [0.2, 0.25) is 0 Å². The van der Waals surface area contributed by atoms with Gasteiger partial charge in [0.15, 0.2) is 0 Å². The molecule has 0 fully saturated rings. The molecule has 0 aromatic rings. The van der Waals surface area contributed by atoms with Crippen molar-refractivity contribution in [3.8, 4) is 0 Å². The van der Waals surface area contributed by atoms with E-state index in [0.29, 0.717) is 13.2 Å². The maximum Gasteiger partial charge on any atom is 0.407 e. The lowest BCUT2D eigenvalue weighted by molar-refractivity contribution is -0.870. The maximum atomic E-state index is 13.9. The van der Waals surface area contributed by atoms with Crippen molar-refractivity contribution in [1.29, 1.82) is 0 Å². The second-order valence-electron chi connectivity index (χ2n) is 15.8. The third kappa shape index (κ3) is 38.0. The first-order valence-electron chi connectivity index (χ1n) is 21.5. The van der Waals surface area contributed by atoms with E-state index in [2.05, 4.69) is 59.3 Å². The fourth-order valence-corrected chi connectivity index (χ4v) is 7.76. The summed E-state index contributed by atoms with van der Waals surface area (Å²) < 4.78 is 28.7. The van der Waals surface area contributed by atoms with Crippen molar-refractivity contribution in [2.24, 2.45) is 0 Å². The summed E-state index contributed by atoms with van der Waals surface area (Å²) in [6.45, 7) is 7.37. The number of hydrogen-bond donors (Lipinski definition) is 0. The Labute approximate surface area is 331 Å². The average molecular weight is 839 g/mol. The molecule has 0 unspecified atom stereocenters. The quantitative estimate of drug-likeness (QED) is 0.0203. The lowest BCUT2D eigenvalue weighted by atomic mass is 10.1. The van der Waals surface area contributed by atoms with Gasteiger partial charge in [0, 0.05) is 13.0 Å². The molecule has 0 atom stereocenters. The second kappa shape index (κ2) is 39.0. The monoisotopic (exact) mass is 839 g/mol. The molecule has 0 amide bonds. The number of allylic oxidation sites excluding steroid dienone is 4. The molecule has 300 valence electrons. The van der Waals surface area contributed by atoms with Crippen molar-refractivity contribution in [2.45, 2.75) is 200 Å². The van der Waals surface area contributed by atoms with Gasteiger partial charge in [0.1, 0.15) is 0 Å². The third-order valence-electron chi connectivity index (χ3n) is 9.55. The van der Waals surface area contributed by atoms with Gasteiger partial charge < -0.3 is 28.5 Å². The average Bonchev–Trinajstić information content (AvgIpc) is 3.07. The Balaban J connectivity index is 0. The van der Waals surface area contributed by atoms with E-state index in [0.717, 1.165) is 49.7 Å². The fraction of sp³-hybridized carbons (Fsp3) is 0.907. The van der Waals surface area contributed by atoms with Crippen LogP contribution in [0.15, 0.2) is 24.3 Å². The Kier molecular flexibility index (Phi) is 40.8. The summed E-state index contributed by atoms with van der Waals surface area (Å²) in [5.41, 5.74) is 0. The van der Waals surface area contributed by atoms with Crippen LogP contribution < -0.4 is 24.0 Å². The normalized spacial score (nSPS) is 12.5.